The monoisotopic (exact) mass is 248 g/mol. The Morgan fingerprint density at radius 1 is 1.28 bits per heavy atom. The molecule has 0 saturated carbocycles. The van der Waals surface area contributed by atoms with E-state index >= 15 is 0 Å². The number of rotatable bonds is 5. The molecule has 0 heterocycles. The minimum Gasteiger partial charge on any atom is -0.366 e. The third kappa shape index (κ3) is 3.87. The van der Waals surface area contributed by atoms with Gasteiger partial charge in [-0.3, -0.25) is 9.59 Å². The molecule has 1 rings (SSSR count). The highest BCUT2D eigenvalue weighted by Gasteiger charge is 2.20. The Morgan fingerprint density at radius 3 is 2.44 bits per heavy atom. The number of hydrogen-bond acceptors (Lipinski definition) is 2. The van der Waals surface area contributed by atoms with Crippen LogP contribution in [0.15, 0.2) is 24.3 Å². The zero-order valence-corrected chi connectivity index (χ0v) is 11.1. The lowest BCUT2D eigenvalue weighted by Crippen LogP contribution is -2.43. The van der Waals surface area contributed by atoms with Crippen LogP contribution in [0, 0.1) is 0 Å². The molecule has 1 aromatic rings. The summed E-state index contributed by atoms with van der Waals surface area (Å²) >= 11 is 0. The van der Waals surface area contributed by atoms with Crippen LogP contribution in [-0.2, 0) is 0 Å². The first-order chi connectivity index (χ1) is 8.35. The normalized spacial score (nSPS) is 11.1. The van der Waals surface area contributed by atoms with E-state index < -0.39 is 5.91 Å². The summed E-state index contributed by atoms with van der Waals surface area (Å²) in [5.41, 5.74) is 5.73. The average molecular weight is 248 g/mol. The van der Waals surface area contributed by atoms with Crippen molar-refractivity contribution in [3.63, 3.8) is 0 Å². The Bertz CT molecular complexity index is 453. The van der Waals surface area contributed by atoms with Gasteiger partial charge in [-0.2, -0.15) is 0 Å². The second-order valence-electron chi connectivity index (χ2n) is 5.03. The highest BCUT2D eigenvalue weighted by Crippen LogP contribution is 2.13. The summed E-state index contributed by atoms with van der Waals surface area (Å²) in [7, 11) is 0. The molecule has 4 heteroatoms. The van der Waals surface area contributed by atoms with E-state index in [1.54, 1.807) is 18.2 Å². The molecule has 3 N–H and O–H groups in total. The van der Waals surface area contributed by atoms with Gasteiger partial charge in [-0.1, -0.05) is 19.4 Å². The van der Waals surface area contributed by atoms with Gasteiger partial charge < -0.3 is 11.1 Å². The third-order valence-electron chi connectivity index (χ3n) is 2.74. The second kappa shape index (κ2) is 5.67. The van der Waals surface area contributed by atoms with Gasteiger partial charge in [0.25, 0.3) is 5.91 Å². The van der Waals surface area contributed by atoms with Crippen molar-refractivity contribution in [1.82, 2.24) is 5.32 Å². The molecular weight excluding hydrogens is 228 g/mol. The van der Waals surface area contributed by atoms with Crippen LogP contribution in [0.3, 0.4) is 0 Å². The highest BCUT2D eigenvalue weighted by molar-refractivity contribution is 5.99. The summed E-state index contributed by atoms with van der Waals surface area (Å²) in [6, 6.07) is 6.43. The molecule has 0 unspecified atom stereocenters. The minimum absolute atomic E-state index is 0.184. The van der Waals surface area contributed by atoms with Crippen LogP contribution in [0.2, 0.25) is 0 Å². The zero-order chi connectivity index (χ0) is 13.8. The predicted octanol–water partition coefficient (Wildman–Crippen LogP) is 2.09. The van der Waals surface area contributed by atoms with Crippen LogP contribution in [0.25, 0.3) is 0 Å². The summed E-state index contributed by atoms with van der Waals surface area (Å²) in [6.07, 6.45) is 1.89. The number of carbonyl (C=O) groups is 2. The van der Waals surface area contributed by atoms with Crippen LogP contribution >= 0.6 is 0 Å². The van der Waals surface area contributed by atoms with Crippen molar-refractivity contribution in [3.05, 3.63) is 35.4 Å². The number of carbonyl (C=O) groups excluding carboxylic acids is 2. The fraction of sp³-hybridized carbons (Fsp3) is 0.429. The fourth-order valence-corrected chi connectivity index (χ4v) is 1.88. The van der Waals surface area contributed by atoms with Crippen LogP contribution in [0.1, 0.15) is 54.3 Å². The first-order valence-electron chi connectivity index (χ1n) is 6.08. The SMILES string of the molecule is CCCC(C)(C)NC(=O)c1cccc(C(N)=O)c1. The summed E-state index contributed by atoms with van der Waals surface area (Å²) in [4.78, 5) is 23.1. The third-order valence-corrected chi connectivity index (χ3v) is 2.74. The average Bonchev–Trinajstić information content (AvgIpc) is 2.28. The maximum atomic E-state index is 12.0. The van der Waals surface area contributed by atoms with Gasteiger partial charge in [0.2, 0.25) is 5.91 Å². The molecule has 0 aliphatic rings. The van der Waals surface area contributed by atoms with Gasteiger partial charge in [-0.25, -0.2) is 0 Å². The first-order valence-corrected chi connectivity index (χ1v) is 6.08. The van der Waals surface area contributed by atoms with Crippen LogP contribution in [0.5, 0.6) is 0 Å². The molecule has 0 saturated heterocycles. The molecule has 0 aromatic heterocycles. The van der Waals surface area contributed by atoms with Crippen molar-refractivity contribution in [2.24, 2.45) is 5.73 Å². The number of amides is 2. The number of nitrogens with one attached hydrogen (secondary N) is 1. The minimum atomic E-state index is -0.530. The summed E-state index contributed by atoms with van der Waals surface area (Å²) in [6.45, 7) is 6.03. The van der Waals surface area contributed by atoms with Gasteiger partial charge in [0, 0.05) is 16.7 Å². The van der Waals surface area contributed by atoms with E-state index in [1.807, 2.05) is 13.8 Å². The van der Waals surface area contributed by atoms with Crippen molar-refractivity contribution in [3.8, 4) is 0 Å². The predicted molar refractivity (Wildman–Crippen MR) is 71.4 cm³/mol. The smallest absolute Gasteiger partial charge is 0.251 e. The number of hydrogen-bond donors (Lipinski definition) is 2. The number of nitrogens with two attached hydrogens (primary N) is 1. The van der Waals surface area contributed by atoms with E-state index in [1.165, 1.54) is 6.07 Å². The number of benzene rings is 1. The molecular formula is C14H20N2O2. The van der Waals surface area contributed by atoms with Crippen LogP contribution in [-0.4, -0.2) is 17.4 Å². The highest BCUT2D eigenvalue weighted by atomic mass is 16.2. The summed E-state index contributed by atoms with van der Waals surface area (Å²) in [5.74, 6) is -0.714. The van der Waals surface area contributed by atoms with Gasteiger partial charge in [0.05, 0.1) is 0 Å². The standard InChI is InChI=1S/C14H20N2O2/c1-4-8-14(2,3)16-13(18)11-7-5-6-10(9-11)12(15)17/h5-7,9H,4,8H2,1-3H3,(H2,15,17)(H,16,18). The van der Waals surface area contributed by atoms with Crippen molar-refractivity contribution >= 4 is 11.8 Å². The lowest BCUT2D eigenvalue weighted by molar-refractivity contribution is 0.0909. The Morgan fingerprint density at radius 2 is 1.89 bits per heavy atom. The maximum Gasteiger partial charge on any atom is 0.251 e. The molecule has 0 radical (unpaired) electrons. The van der Waals surface area contributed by atoms with Crippen molar-refractivity contribution in [1.29, 1.82) is 0 Å². The van der Waals surface area contributed by atoms with E-state index in [2.05, 4.69) is 12.2 Å². The zero-order valence-electron chi connectivity index (χ0n) is 11.1. The van der Waals surface area contributed by atoms with Gasteiger partial charge in [0.15, 0.2) is 0 Å². The van der Waals surface area contributed by atoms with Gasteiger partial charge in [-0.15, -0.1) is 0 Å². The Kier molecular flexibility index (Phi) is 4.48. The Balaban J connectivity index is 2.84. The Hall–Kier alpha value is -1.84. The first kappa shape index (κ1) is 14.2. The van der Waals surface area contributed by atoms with Crippen molar-refractivity contribution in [2.45, 2.75) is 39.2 Å². The topological polar surface area (TPSA) is 72.2 Å². The molecule has 0 spiro atoms. The summed E-state index contributed by atoms with van der Waals surface area (Å²) < 4.78 is 0. The summed E-state index contributed by atoms with van der Waals surface area (Å²) in [5, 5.41) is 2.95. The quantitative estimate of drug-likeness (QED) is 0.837. The molecule has 1 aromatic carbocycles. The fourth-order valence-electron chi connectivity index (χ4n) is 1.88. The molecule has 18 heavy (non-hydrogen) atoms. The molecule has 2 amide bonds. The maximum absolute atomic E-state index is 12.0. The van der Waals surface area contributed by atoms with Gasteiger partial charge in [0.1, 0.15) is 0 Å². The molecule has 0 fully saturated rings. The Labute approximate surface area is 108 Å². The van der Waals surface area contributed by atoms with E-state index in [0.29, 0.717) is 11.1 Å². The second-order valence-corrected chi connectivity index (χ2v) is 5.03. The molecule has 0 atom stereocenters. The van der Waals surface area contributed by atoms with E-state index in [0.717, 1.165) is 12.8 Å². The van der Waals surface area contributed by atoms with E-state index in [4.69, 9.17) is 5.73 Å². The number of primary amides is 1. The lowest BCUT2D eigenvalue weighted by atomic mass is 9.98. The van der Waals surface area contributed by atoms with Crippen LogP contribution in [0.4, 0.5) is 0 Å². The van der Waals surface area contributed by atoms with Gasteiger partial charge in [-0.05, 0) is 38.5 Å². The van der Waals surface area contributed by atoms with Crippen molar-refractivity contribution < 1.29 is 9.59 Å². The van der Waals surface area contributed by atoms with E-state index in [-0.39, 0.29) is 11.4 Å². The molecule has 0 aliphatic carbocycles. The molecule has 0 aliphatic heterocycles. The molecule has 4 nitrogen and oxygen atoms in total. The van der Waals surface area contributed by atoms with Crippen LogP contribution < -0.4 is 11.1 Å². The molecule has 98 valence electrons. The van der Waals surface area contributed by atoms with E-state index in [9.17, 15) is 9.59 Å². The van der Waals surface area contributed by atoms with Crippen molar-refractivity contribution in [2.75, 3.05) is 0 Å². The molecule has 0 bridgehead atoms. The lowest BCUT2D eigenvalue weighted by Gasteiger charge is -2.25. The van der Waals surface area contributed by atoms with Gasteiger partial charge >= 0.3 is 0 Å². The largest absolute Gasteiger partial charge is 0.366 e.